The predicted molar refractivity (Wildman–Crippen MR) is 111 cm³/mol. The second kappa shape index (κ2) is 9.37. The summed E-state index contributed by atoms with van der Waals surface area (Å²) in [6.45, 7) is -1.78. The Morgan fingerprint density at radius 1 is 1.15 bits per heavy atom. The first-order valence-electron chi connectivity index (χ1n) is 9.54. The molecule has 8 nitrogen and oxygen atoms in total. The van der Waals surface area contributed by atoms with Crippen LogP contribution in [-0.4, -0.2) is 34.9 Å². The number of aromatic nitrogens is 2. The Balaban J connectivity index is 1.86. The summed E-state index contributed by atoms with van der Waals surface area (Å²) in [7, 11) is 1.31. The molecule has 0 atom stereocenters. The maximum Gasteiger partial charge on any atom is 0.408 e. The van der Waals surface area contributed by atoms with Gasteiger partial charge in [-0.2, -0.15) is 18.3 Å². The molecule has 0 unspecified atom stereocenters. The second-order valence-electron chi connectivity index (χ2n) is 7.09. The van der Waals surface area contributed by atoms with Crippen LogP contribution in [0.1, 0.15) is 26.3 Å². The Bertz CT molecular complexity index is 1260. The van der Waals surface area contributed by atoms with E-state index >= 15 is 0 Å². The zero-order chi connectivity index (χ0) is 25.2. The van der Waals surface area contributed by atoms with Crippen LogP contribution in [-0.2, 0) is 13.1 Å². The first-order valence-corrected chi connectivity index (χ1v) is 9.54. The molecule has 2 aromatic carbocycles. The highest BCUT2D eigenvalue weighted by atomic mass is 19.4. The van der Waals surface area contributed by atoms with Crippen molar-refractivity contribution >= 4 is 17.6 Å². The van der Waals surface area contributed by atoms with Gasteiger partial charge in [-0.3, -0.25) is 9.59 Å². The van der Waals surface area contributed by atoms with Crippen LogP contribution in [0.4, 0.5) is 27.8 Å². The quantitative estimate of drug-likeness (QED) is 0.446. The van der Waals surface area contributed by atoms with Crippen LogP contribution >= 0.6 is 0 Å². The minimum Gasteiger partial charge on any atom is -0.496 e. The Morgan fingerprint density at radius 3 is 2.44 bits per heavy atom. The lowest BCUT2D eigenvalue weighted by Crippen LogP contribution is -2.23. The number of hydrogen-bond acceptors (Lipinski definition) is 5. The molecule has 0 fully saturated rings. The molecule has 0 bridgehead atoms. The van der Waals surface area contributed by atoms with Gasteiger partial charge in [0.15, 0.2) is 0 Å². The topological polar surface area (TPSA) is 125 Å². The van der Waals surface area contributed by atoms with Gasteiger partial charge < -0.3 is 21.5 Å². The van der Waals surface area contributed by atoms with E-state index in [9.17, 15) is 31.5 Å². The number of nitrogen functional groups attached to an aromatic ring is 1. The smallest absolute Gasteiger partial charge is 0.408 e. The van der Waals surface area contributed by atoms with Gasteiger partial charge in [0.1, 0.15) is 41.0 Å². The second-order valence-corrected chi connectivity index (χ2v) is 7.09. The number of anilines is 1. The highest BCUT2D eigenvalue weighted by Gasteiger charge is 2.32. The molecule has 34 heavy (non-hydrogen) atoms. The average molecular weight is 483 g/mol. The van der Waals surface area contributed by atoms with Gasteiger partial charge in [0, 0.05) is 12.1 Å². The van der Waals surface area contributed by atoms with Crippen molar-refractivity contribution in [1.82, 2.24) is 15.1 Å². The van der Waals surface area contributed by atoms with Crippen LogP contribution in [0.15, 0.2) is 36.4 Å². The number of nitrogens with one attached hydrogen (secondary N) is 1. The number of nitrogens with two attached hydrogens (primary N) is 2. The van der Waals surface area contributed by atoms with Gasteiger partial charge in [0.25, 0.3) is 11.8 Å². The molecule has 1 heterocycles. The number of methoxy groups -OCH3 is 1. The number of alkyl halides is 3. The van der Waals surface area contributed by atoms with Gasteiger partial charge in [-0.25, -0.2) is 13.5 Å². The van der Waals surface area contributed by atoms with Crippen molar-refractivity contribution in [2.24, 2.45) is 5.73 Å². The van der Waals surface area contributed by atoms with Crippen molar-refractivity contribution in [2.75, 3.05) is 12.8 Å². The number of amides is 2. The molecule has 180 valence electrons. The molecule has 0 spiro atoms. The summed E-state index contributed by atoms with van der Waals surface area (Å²) in [5.41, 5.74) is 9.68. The van der Waals surface area contributed by atoms with E-state index in [0.717, 1.165) is 24.3 Å². The molecule has 5 N–H and O–H groups in total. The Morgan fingerprint density at radius 2 is 1.85 bits per heavy atom. The maximum absolute atomic E-state index is 14.8. The lowest BCUT2D eigenvalue weighted by Gasteiger charge is -2.10. The summed E-state index contributed by atoms with van der Waals surface area (Å²) >= 11 is 0. The van der Waals surface area contributed by atoms with Gasteiger partial charge in [-0.15, -0.1) is 0 Å². The predicted octanol–water partition coefficient (Wildman–Crippen LogP) is 3.01. The molecule has 3 aromatic rings. The molecule has 3 rings (SSSR count). The largest absolute Gasteiger partial charge is 0.496 e. The first-order chi connectivity index (χ1) is 15.9. The zero-order valence-corrected chi connectivity index (χ0v) is 17.5. The van der Waals surface area contributed by atoms with Gasteiger partial charge in [0.05, 0.1) is 12.7 Å². The number of primary amides is 1. The highest BCUT2D eigenvalue weighted by molar-refractivity contribution is 6.03. The number of benzene rings is 2. The average Bonchev–Trinajstić information content (AvgIpc) is 3.06. The van der Waals surface area contributed by atoms with Crippen molar-refractivity contribution < 1.29 is 36.3 Å². The summed E-state index contributed by atoms with van der Waals surface area (Å²) in [5.74, 6) is -3.99. The molecule has 0 aliphatic heterocycles. The van der Waals surface area contributed by atoms with E-state index in [1.165, 1.54) is 19.2 Å². The standard InChI is InChI=1S/C21H18F5N5O3/c1-34-15-5-3-11(22)7-13(15)20(33)29-8-10-2-4-12(14(23)6-10)17-16(19(28)32)18(27)31(30-17)9-21(24,25)26/h2-7H,8-9,27H2,1H3,(H2,28,32)(H,29,33). The maximum atomic E-state index is 14.8. The van der Waals surface area contributed by atoms with Crippen molar-refractivity contribution in [2.45, 2.75) is 19.3 Å². The SMILES string of the molecule is COc1ccc(F)cc1C(=O)NCc1ccc(-c2nn(CC(F)(F)F)c(N)c2C(N)=O)c(F)c1. The fourth-order valence-corrected chi connectivity index (χ4v) is 3.19. The Labute approximate surface area is 189 Å². The molecule has 13 heteroatoms. The van der Waals surface area contributed by atoms with Crippen LogP contribution in [0.25, 0.3) is 11.3 Å². The molecule has 0 radical (unpaired) electrons. The molecular formula is C21H18F5N5O3. The number of halogens is 5. The van der Waals surface area contributed by atoms with Crippen LogP contribution < -0.4 is 21.5 Å². The van der Waals surface area contributed by atoms with Crippen molar-refractivity contribution in [3.8, 4) is 17.0 Å². The van der Waals surface area contributed by atoms with E-state index in [-0.39, 0.29) is 29.0 Å². The number of carbonyl (C=O) groups is 2. The summed E-state index contributed by atoms with van der Waals surface area (Å²) < 4.78 is 72.0. The van der Waals surface area contributed by atoms with E-state index in [1.807, 2.05) is 0 Å². The zero-order valence-electron chi connectivity index (χ0n) is 17.5. The van der Waals surface area contributed by atoms with Crippen LogP contribution in [0.5, 0.6) is 5.75 Å². The molecule has 1 aromatic heterocycles. The normalized spacial score (nSPS) is 11.4. The van der Waals surface area contributed by atoms with E-state index in [4.69, 9.17) is 16.2 Å². The lowest BCUT2D eigenvalue weighted by molar-refractivity contribution is -0.142. The monoisotopic (exact) mass is 483 g/mol. The summed E-state index contributed by atoms with van der Waals surface area (Å²) in [6.07, 6.45) is -4.70. The Kier molecular flexibility index (Phi) is 6.75. The summed E-state index contributed by atoms with van der Waals surface area (Å²) in [4.78, 5) is 24.1. The third-order valence-electron chi connectivity index (χ3n) is 4.72. The lowest BCUT2D eigenvalue weighted by atomic mass is 10.0. The van der Waals surface area contributed by atoms with Crippen molar-refractivity contribution in [1.29, 1.82) is 0 Å². The third kappa shape index (κ3) is 5.24. The van der Waals surface area contributed by atoms with Gasteiger partial charge >= 0.3 is 6.18 Å². The van der Waals surface area contributed by atoms with Crippen LogP contribution in [0, 0.1) is 11.6 Å². The third-order valence-corrected chi connectivity index (χ3v) is 4.72. The first kappa shape index (κ1) is 24.5. The van der Waals surface area contributed by atoms with E-state index < -0.39 is 53.2 Å². The van der Waals surface area contributed by atoms with Crippen LogP contribution in [0.2, 0.25) is 0 Å². The minimum atomic E-state index is -4.70. The Hall–Kier alpha value is -4.16. The summed E-state index contributed by atoms with van der Waals surface area (Å²) in [6, 6.07) is 6.87. The molecule has 0 saturated carbocycles. The number of rotatable bonds is 7. The van der Waals surface area contributed by atoms with Crippen LogP contribution in [0.3, 0.4) is 0 Å². The molecule has 0 saturated heterocycles. The highest BCUT2D eigenvalue weighted by Crippen LogP contribution is 2.31. The summed E-state index contributed by atoms with van der Waals surface area (Å²) in [5, 5.41) is 6.11. The van der Waals surface area contributed by atoms with E-state index in [1.54, 1.807) is 0 Å². The van der Waals surface area contributed by atoms with Gasteiger partial charge in [0.2, 0.25) is 0 Å². The van der Waals surface area contributed by atoms with E-state index in [0.29, 0.717) is 4.68 Å². The minimum absolute atomic E-state index is 0.0728. The number of carbonyl (C=O) groups excluding carboxylic acids is 2. The number of hydrogen-bond donors (Lipinski definition) is 3. The van der Waals surface area contributed by atoms with E-state index in [2.05, 4.69) is 10.4 Å². The number of nitrogens with zero attached hydrogens (tertiary/aromatic N) is 2. The van der Waals surface area contributed by atoms with Crippen molar-refractivity contribution in [3.05, 3.63) is 64.7 Å². The molecule has 0 aliphatic carbocycles. The van der Waals surface area contributed by atoms with Gasteiger partial charge in [-0.1, -0.05) is 6.07 Å². The fraction of sp³-hybridized carbons (Fsp3) is 0.190. The van der Waals surface area contributed by atoms with Gasteiger partial charge in [-0.05, 0) is 35.9 Å². The van der Waals surface area contributed by atoms with Crippen molar-refractivity contribution in [3.63, 3.8) is 0 Å². The molecule has 2 amide bonds. The number of ether oxygens (including phenoxy) is 1. The molecular weight excluding hydrogens is 465 g/mol. The fourth-order valence-electron chi connectivity index (χ4n) is 3.19. The molecule has 0 aliphatic rings.